The maximum atomic E-state index is 15.9. The average Bonchev–Trinajstić information content (AvgIpc) is 3.87. The first-order valence-electron chi connectivity index (χ1n) is 17.9. The molecule has 51 heavy (non-hydrogen) atoms. The van der Waals surface area contributed by atoms with Crippen molar-refractivity contribution < 1.29 is 39.5 Å². The monoisotopic (exact) mass is 692 g/mol. The highest BCUT2D eigenvalue weighted by molar-refractivity contribution is 6.12. The van der Waals surface area contributed by atoms with Gasteiger partial charge in [-0.1, -0.05) is 61.9 Å². The number of ketones is 2. The number of aromatic nitrogens is 1. The number of H-pyrrole nitrogens is 1. The number of benzene rings is 2. The predicted molar refractivity (Wildman–Crippen MR) is 189 cm³/mol. The van der Waals surface area contributed by atoms with Gasteiger partial charge < -0.3 is 35.5 Å². The molecular weight excluding hydrogens is 648 g/mol. The molecule has 266 valence electrons. The van der Waals surface area contributed by atoms with Crippen LogP contribution in [0.15, 0.2) is 65.9 Å². The van der Waals surface area contributed by atoms with Gasteiger partial charge in [0.1, 0.15) is 11.5 Å². The molecule has 11 atom stereocenters. The number of carbonyl (C=O) groups excluding carboxylic acids is 3. The van der Waals surface area contributed by atoms with Gasteiger partial charge >= 0.3 is 0 Å². The van der Waals surface area contributed by atoms with Crippen LogP contribution in [-0.4, -0.2) is 55.0 Å². The second-order valence-electron chi connectivity index (χ2n) is 15.5. The number of phenols is 3. The molecule has 6 N–H and O–H groups in total. The quantitative estimate of drug-likeness (QED) is 0.115. The SMILES string of the molecule is CC1=C[C@@H]2/C=C/C[C@@H](C)/C=C(/C)[C@@H](O)C(=O)[C@H]3[C@H](C(=O)[C@]24C(=O)N[C@@H](Cc2c[nH]c5ccccc25)[C@@H]4[C@@H]1C)[C@H]1O[C@@H]3c2c(C)c(O)c(O)c(O)c21. The summed E-state index contributed by atoms with van der Waals surface area (Å²) in [5, 5.41) is 48.5. The van der Waals surface area contributed by atoms with Gasteiger partial charge in [-0.2, -0.15) is 0 Å². The summed E-state index contributed by atoms with van der Waals surface area (Å²) in [6.07, 6.45) is 6.90. The van der Waals surface area contributed by atoms with E-state index < -0.39 is 88.2 Å². The lowest BCUT2D eigenvalue weighted by Crippen LogP contribution is -2.56. The Balaban J connectivity index is 1.34. The number of aliphatic hydroxyl groups is 1. The van der Waals surface area contributed by atoms with E-state index in [0.717, 1.165) is 22.0 Å². The van der Waals surface area contributed by atoms with E-state index in [0.29, 0.717) is 24.0 Å². The fourth-order valence-electron chi connectivity index (χ4n) is 10.3. The summed E-state index contributed by atoms with van der Waals surface area (Å²) in [7, 11) is 0. The molecule has 8 rings (SSSR count). The van der Waals surface area contributed by atoms with Crippen LogP contribution >= 0.6 is 0 Å². The molecule has 3 aliphatic heterocycles. The van der Waals surface area contributed by atoms with E-state index in [1.165, 1.54) is 0 Å². The highest BCUT2D eigenvalue weighted by Gasteiger charge is 2.71. The molecule has 10 nitrogen and oxygen atoms in total. The molecular formula is C41H44N2O8. The van der Waals surface area contributed by atoms with Crippen LogP contribution in [0.25, 0.3) is 10.9 Å². The maximum Gasteiger partial charge on any atom is 0.235 e. The number of carbonyl (C=O) groups is 3. The zero-order valence-corrected chi connectivity index (χ0v) is 29.3. The molecule has 2 bridgehead atoms. The third kappa shape index (κ3) is 4.51. The number of rotatable bonds is 2. The Bertz CT molecular complexity index is 2110. The standard InChI is InChI=1S/C41H44N2O8/c1-17-9-8-10-23-14-18(2)20(4)31-26(15-22-16-42-25-12-7-6-11-24(22)25)43-40(50)41(23,31)39(49)30-29(34(46)32(44)19(3)13-17)37-27-21(5)33(45)36(48)35(47)28(27)38(30)51-37/h6-8,10-14,16-17,20,23,26,29-32,37-38,42,44-45,47-48H,9,15H2,1-5H3,(H,43,50)/b10-8+,19-13-/t17-,20-,23+,26+,29-,30+,31+,32-,37-,38+,41+/m1/s1. The van der Waals surface area contributed by atoms with Crippen molar-refractivity contribution in [3.8, 4) is 17.2 Å². The van der Waals surface area contributed by atoms with Crippen molar-refractivity contribution in [2.24, 2.45) is 40.9 Å². The van der Waals surface area contributed by atoms with Crippen LogP contribution in [-0.2, 0) is 25.5 Å². The molecule has 1 amide bonds. The van der Waals surface area contributed by atoms with E-state index in [1.807, 2.05) is 75.5 Å². The maximum absolute atomic E-state index is 15.9. The number of hydrogen-bond acceptors (Lipinski definition) is 8. The smallest absolute Gasteiger partial charge is 0.235 e. The van der Waals surface area contributed by atoms with E-state index in [2.05, 4.69) is 10.3 Å². The molecule has 0 unspecified atom stereocenters. The Morgan fingerprint density at radius 2 is 1.63 bits per heavy atom. The number of para-hydroxylation sites is 1. The number of ether oxygens (including phenoxy) is 1. The number of aliphatic hydroxyl groups excluding tert-OH is 1. The van der Waals surface area contributed by atoms with Crippen molar-refractivity contribution >= 4 is 28.4 Å². The summed E-state index contributed by atoms with van der Waals surface area (Å²) in [5.41, 5.74) is 2.47. The number of nitrogens with one attached hydrogen (secondary N) is 2. The lowest BCUT2D eigenvalue weighted by Gasteiger charge is -2.47. The topological polar surface area (TPSA) is 169 Å². The van der Waals surface area contributed by atoms with Crippen LogP contribution in [0.1, 0.15) is 68.6 Å². The predicted octanol–water partition coefficient (Wildman–Crippen LogP) is 5.55. The summed E-state index contributed by atoms with van der Waals surface area (Å²) in [4.78, 5) is 48.7. The summed E-state index contributed by atoms with van der Waals surface area (Å²) >= 11 is 0. The summed E-state index contributed by atoms with van der Waals surface area (Å²) < 4.78 is 6.43. The third-order valence-corrected chi connectivity index (χ3v) is 12.8. The number of phenolic OH excluding ortho intramolecular Hbond substituents is 3. The molecule has 10 heteroatoms. The molecule has 2 fully saturated rings. The van der Waals surface area contributed by atoms with Crippen LogP contribution in [0.5, 0.6) is 17.2 Å². The molecule has 3 aromatic rings. The first-order valence-corrected chi connectivity index (χ1v) is 17.9. The number of allylic oxidation sites excluding steroid dienone is 5. The Hall–Kier alpha value is -4.67. The molecule has 2 saturated heterocycles. The minimum Gasteiger partial charge on any atom is -0.504 e. The van der Waals surface area contributed by atoms with E-state index in [9.17, 15) is 30.0 Å². The summed E-state index contributed by atoms with van der Waals surface area (Å²) in [5.74, 6) is -7.38. The second-order valence-corrected chi connectivity index (χ2v) is 15.5. The zero-order valence-electron chi connectivity index (χ0n) is 29.3. The molecule has 5 aliphatic rings. The number of aromatic hydroxyl groups is 3. The van der Waals surface area contributed by atoms with Gasteiger partial charge in [-0.3, -0.25) is 14.4 Å². The number of fused-ring (bicyclic) bond motifs is 9. The van der Waals surface area contributed by atoms with E-state index in [-0.39, 0.29) is 23.0 Å². The first-order chi connectivity index (χ1) is 24.3. The van der Waals surface area contributed by atoms with E-state index in [1.54, 1.807) is 13.8 Å². The Morgan fingerprint density at radius 3 is 2.39 bits per heavy atom. The molecule has 2 aliphatic carbocycles. The van der Waals surface area contributed by atoms with Gasteiger partial charge in [-0.05, 0) is 68.2 Å². The highest BCUT2D eigenvalue weighted by atomic mass is 16.5. The molecule has 0 saturated carbocycles. The van der Waals surface area contributed by atoms with Crippen molar-refractivity contribution in [3.63, 3.8) is 0 Å². The third-order valence-electron chi connectivity index (χ3n) is 12.8. The van der Waals surface area contributed by atoms with Crippen LogP contribution in [0.2, 0.25) is 0 Å². The van der Waals surface area contributed by atoms with Crippen LogP contribution < -0.4 is 5.32 Å². The van der Waals surface area contributed by atoms with Crippen LogP contribution in [0.3, 0.4) is 0 Å². The Kier molecular flexibility index (Phi) is 7.67. The number of amides is 1. The van der Waals surface area contributed by atoms with Gasteiger partial charge in [0.2, 0.25) is 11.7 Å². The van der Waals surface area contributed by atoms with Crippen LogP contribution in [0.4, 0.5) is 0 Å². The Labute approximate surface area is 295 Å². The molecule has 4 heterocycles. The number of aromatic amines is 1. The molecule has 1 spiro atoms. The fraction of sp³-hybridized carbons (Fsp3) is 0.439. The van der Waals surface area contributed by atoms with Gasteiger partial charge in [-0.25, -0.2) is 0 Å². The van der Waals surface area contributed by atoms with Crippen molar-refractivity contribution in [2.45, 2.75) is 71.8 Å². The van der Waals surface area contributed by atoms with Gasteiger partial charge in [-0.15, -0.1) is 0 Å². The molecule has 0 radical (unpaired) electrons. The van der Waals surface area contributed by atoms with Crippen molar-refractivity contribution in [3.05, 3.63) is 88.2 Å². The highest BCUT2D eigenvalue weighted by Crippen LogP contribution is 2.67. The summed E-state index contributed by atoms with van der Waals surface area (Å²) in [6.45, 7) is 9.29. The number of Topliss-reactive ketones (excluding diaryl/α,β-unsaturated/α-hetero) is 2. The average molecular weight is 693 g/mol. The van der Waals surface area contributed by atoms with Crippen molar-refractivity contribution in [1.82, 2.24) is 10.3 Å². The minimum absolute atomic E-state index is 0.0570. The van der Waals surface area contributed by atoms with Crippen molar-refractivity contribution in [2.75, 3.05) is 0 Å². The summed E-state index contributed by atoms with van der Waals surface area (Å²) in [6, 6.07) is 7.51. The van der Waals surface area contributed by atoms with Gasteiger partial charge in [0.15, 0.2) is 23.1 Å². The minimum atomic E-state index is -1.66. The van der Waals surface area contributed by atoms with Gasteiger partial charge in [0, 0.05) is 46.1 Å². The van der Waals surface area contributed by atoms with Crippen LogP contribution in [0, 0.1) is 47.8 Å². The normalized spacial score (nSPS) is 37.6. The second kappa shape index (κ2) is 11.7. The first kappa shape index (κ1) is 33.5. The lowest BCUT2D eigenvalue weighted by molar-refractivity contribution is -0.152. The number of hydrogen-bond donors (Lipinski definition) is 6. The van der Waals surface area contributed by atoms with Gasteiger partial charge in [0.05, 0.1) is 24.0 Å². The zero-order chi connectivity index (χ0) is 36.3. The van der Waals surface area contributed by atoms with E-state index in [4.69, 9.17) is 4.74 Å². The van der Waals surface area contributed by atoms with E-state index >= 15 is 4.79 Å². The largest absolute Gasteiger partial charge is 0.504 e. The molecule has 2 aromatic carbocycles. The van der Waals surface area contributed by atoms with Gasteiger partial charge in [0.25, 0.3) is 0 Å². The van der Waals surface area contributed by atoms with Crippen molar-refractivity contribution in [1.29, 1.82) is 0 Å². The molecule has 1 aromatic heterocycles. The fourth-order valence-corrected chi connectivity index (χ4v) is 10.3. The lowest BCUT2D eigenvalue weighted by atomic mass is 9.51. The Morgan fingerprint density at radius 1 is 0.902 bits per heavy atom.